The fourth-order valence-electron chi connectivity index (χ4n) is 0.847. The SMILES string of the molecule is C=CN=C1C=NC=C/C1=C/C. The predicted octanol–water partition coefficient (Wildman–Crippen LogP) is 2.12. The van der Waals surface area contributed by atoms with Crippen LogP contribution >= 0.6 is 0 Å². The number of hydrogen-bond donors (Lipinski definition) is 0. The molecule has 0 bridgehead atoms. The maximum Gasteiger partial charge on any atom is 0.0881 e. The van der Waals surface area contributed by atoms with Gasteiger partial charge in [0.1, 0.15) is 0 Å². The summed E-state index contributed by atoms with van der Waals surface area (Å²) in [6.45, 7) is 5.49. The summed E-state index contributed by atoms with van der Waals surface area (Å²) >= 11 is 0. The second kappa shape index (κ2) is 3.66. The lowest BCUT2D eigenvalue weighted by Gasteiger charge is -2.02. The van der Waals surface area contributed by atoms with Crippen LogP contribution in [0.3, 0.4) is 0 Å². The molecule has 2 heteroatoms. The van der Waals surface area contributed by atoms with Gasteiger partial charge in [-0.05, 0) is 18.6 Å². The van der Waals surface area contributed by atoms with Gasteiger partial charge < -0.3 is 0 Å². The molecule has 11 heavy (non-hydrogen) atoms. The van der Waals surface area contributed by atoms with Crippen molar-refractivity contribution in [3.63, 3.8) is 0 Å². The van der Waals surface area contributed by atoms with Crippen LogP contribution in [0.4, 0.5) is 0 Å². The van der Waals surface area contributed by atoms with Crippen molar-refractivity contribution in [3.05, 3.63) is 36.7 Å². The molecule has 0 unspecified atom stereocenters. The molecular formula is C9H10N2. The van der Waals surface area contributed by atoms with E-state index < -0.39 is 0 Å². The Balaban J connectivity index is 2.97. The number of allylic oxidation sites excluding steroid dienone is 3. The average Bonchev–Trinajstić information content (AvgIpc) is 2.06. The van der Waals surface area contributed by atoms with Gasteiger partial charge in [0, 0.05) is 12.4 Å². The summed E-state index contributed by atoms with van der Waals surface area (Å²) in [7, 11) is 0. The van der Waals surface area contributed by atoms with E-state index in [1.807, 2.05) is 19.1 Å². The Labute approximate surface area is 66.4 Å². The van der Waals surface area contributed by atoms with E-state index >= 15 is 0 Å². The second-order valence-electron chi connectivity index (χ2n) is 2.03. The molecule has 1 aliphatic rings. The minimum Gasteiger partial charge on any atom is -0.262 e. The smallest absolute Gasteiger partial charge is 0.0881 e. The highest BCUT2D eigenvalue weighted by Crippen LogP contribution is 2.04. The Morgan fingerprint density at radius 1 is 1.64 bits per heavy atom. The van der Waals surface area contributed by atoms with Crippen molar-refractivity contribution in [2.75, 3.05) is 0 Å². The van der Waals surface area contributed by atoms with Gasteiger partial charge in [0.05, 0.1) is 11.9 Å². The molecule has 0 saturated carbocycles. The van der Waals surface area contributed by atoms with E-state index in [1.165, 1.54) is 6.20 Å². The van der Waals surface area contributed by atoms with E-state index in [4.69, 9.17) is 0 Å². The normalized spacial score (nSPS) is 23.0. The highest BCUT2D eigenvalue weighted by molar-refractivity contribution is 6.39. The molecule has 0 atom stereocenters. The quantitative estimate of drug-likeness (QED) is 0.541. The third-order valence-corrected chi connectivity index (χ3v) is 1.37. The van der Waals surface area contributed by atoms with E-state index in [0.29, 0.717) is 0 Å². The van der Waals surface area contributed by atoms with Gasteiger partial charge >= 0.3 is 0 Å². The molecule has 0 amide bonds. The van der Waals surface area contributed by atoms with Crippen LogP contribution < -0.4 is 0 Å². The number of hydrogen-bond acceptors (Lipinski definition) is 2. The van der Waals surface area contributed by atoms with Gasteiger partial charge in [-0.15, -0.1) is 0 Å². The van der Waals surface area contributed by atoms with E-state index in [1.54, 1.807) is 12.4 Å². The van der Waals surface area contributed by atoms with Gasteiger partial charge in [-0.3, -0.25) is 9.98 Å². The Hall–Kier alpha value is -1.44. The molecular weight excluding hydrogens is 136 g/mol. The van der Waals surface area contributed by atoms with Gasteiger partial charge in [0.15, 0.2) is 0 Å². The highest BCUT2D eigenvalue weighted by atomic mass is 14.8. The molecule has 0 aromatic heterocycles. The van der Waals surface area contributed by atoms with Crippen molar-refractivity contribution in [3.8, 4) is 0 Å². The molecule has 1 aliphatic heterocycles. The van der Waals surface area contributed by atoms with Crippen LogP contribution in [-0.4, -0.2) is 11.9 Å². The maximum atomic E-state index is 4.05. The molecule has 0 spiro atoms. The van der Waals surface area contributed by atoms with Gasteiger partial charge in [0.25, 0.3) is 0 Å². The summed E-state index contributed by atoms with van der Waals surface area (Å²) in [6, 6.07) is 0. The topological polar surface area (TPSA) is 24.7 Å². The average molecular weight is 146 g/mol. The lowest BCUT2D eigenvalue weighted by atomic mass is 10.1. The minimum absolute atomic E-state index is 0.866. The summed E-state index contributed by atoms with van der Waals surface area (Å²) in [5, 5.41) is 0. The maximum absolute atomic E-state index is 4.05. The van der Waals surface area contributed by atoms with Crippen molar-refractivity contribution in [1.29, 1.82) is 0 Å². The first-order valence-electron chi connectivity index (χ1n) is 3.43. The Morgan fingerprint density at radius 2 is 2.45 bits per heavy atom. The zero-order valence-electron chi connectivity index (χ0n) is 6.49. The van der Waals surface area contributed by atoms with Gasteiger partial charge in [-0.1, -0.05) is 12.7 Å². The zero-order chi connectivity index (χ0) is 8.10. The zero-order valence-corrected chi connectivity index (χ0v) is 6.49. The first-order valence-corrected chi connectivity index (χ1v) is 3.43. The van der Waals surface area contributed by atoms with Crippen LogP contribution in [0.15, 0.2) is 46.7 Å². The molecule has 0 N–H and O–H groups in total. The molecule has 0 aromatic carbocycles. The van der Waals surface area contributed by atoms with Crippen molar-refractivity contribution in [2.24, 2.45) is 9.98 Å². The lowest BCUT2D eigenvalue weighted by molar-refractivity contribution is 1.49. The van der Waals surface area contributed by atoms with Crippen LogP contribution in [-0.2, 0) is 0 Å². The van der Waals surface area contributed by atoms with Crippen LogP contribution in [0.25, 0.3) is 0 Å². The lowest BCUT2D eigenvalue weighted by Crippen LogP contribution is -2.04. The van der Waals surface area contributed by atoms with Crippen molar-refractivity contribution < 1.29 is 0 Å². The Morgan fingerprint density at radius 3 is 3.09 bits per heavy atom. The molecule has 0 saturated heterocycles. The molecule has 0 fully saturated rings. The summed E-state index contributed by atoms with van der Waals surface area (Å²) in [5.41, 5.74) is 1.95. The van der Waals surface area contributed by atoms with E-state index in [2.05, 4.69) is 16.6 Å². The predicted molar refractivity (Wildman–Crippen MR) is 49.0 cm³/mol. The number of rotatable bonds is 1. The highest BCUT2D eigenvalue weighted by Gasteiger charge is 2.00. The summed E-state index contributed by atoms with van der Waals surface area (Å²) in [6.07, 6.45) is 8.89. The molecule has 0 aromatic rings. The molecule has 0 aliphatic carbocycles. The van der Waals surface area contributed by atoms with Crippen molar-refractivity contribution in [1.82, 2.24) is 0 Å². The summed E-state index contributed by atoms with van der Waals surface area (Å²) in [4.78, 5) is 8.00. The van der Waals surface area contributed by atoms with Crippen LogP contribution in [0.1, 0.15) is 6.92 Å². The standard InChI is InChI=1S/C9H10N2/c1-3-8-5-6-10-7-9(8)11-4-2/h3-7H,2H2,1H3/b8-3-,11-9?. The molecule has 1 rings (SSSR count). The Bertz CT molecular complexity index is 267. The van der Waals surface area contributed by atoms with Crippen molar-refractivity contribution >= 4 is 11.9 Å². The van der Waals surface area contributed by atoms with Gasteiger partial charge in [-0.2, -0.15) is 0 Å². The van der Waals surface area contributed by atoms with E-state index in [9.17, 15) is 0 Å². The monoisotopic (exact) mass is 146 g/mol. The largest absolute Gasteiger partial charge is 0.262 e. The molecule has 1 heterocycles. The van der Waals surface area contributed by atoms with Crippen molar-refractivity contribution in [2.45, 2.75) is 6.92 Å². The molecule has 0 radical (unpaired) electrons. The van der Waals surface area contributed by atoms with Gasteiger partial charge in [0.2, 0.25) is 0 Å². The van der Waals surface area contributed by atoms with E-state index in [0.717, 1.165) is 11.3 Å². The summed E-state index contributed by atoms with van der Waals surface area (Å²) < 4.78 is 0. The first-order chi connectivity index (χ1) is 5.38. The number of aliphatic imine (C=N–C) groups is 2. The van der Waals surface area contributed by atoms with E-state index in [-0.39, 0.29) is 0 Å². The first kappa shape index (κ1) is 7.66. The summed E-state index contributed by atoms with van der Waals surface area (Å²) in [5.74, 6) is 0. The fourth-order valence-corrected chi connectivity index (χ4v) is 0.847. The van der Waals surface area contributed by atoms with Crippen LogP contribution in [0, 0.1) is 0 Å². The molecule has 2 nitrogen and oxygen atoms in total. The second-order valence-corrected chi connectivity index (χ2v) is 2.03. The third-order valence-electron chi connectivity index (χ3n) is 1.37. The Kier molecular flexibility index (Phi) is 2.55. The van der Waals surface area contributed by atoms with Crippen LogP contribution in [0.5, 0.6) is 0 Å². The van der Waals surface area contributed by atoms with Crippen LogP contribution in [0.2, 0.25) is 0 Å². The van der Waals surface area contributed by atoms with Gasteiger partial charge in [-0.25, -0.2) is 0 Å². The third kappa shape index (κ3) is 1.74. The molecule has 56 valence electrons. The fraction of sp³-hybridized carbons (Fsp3) is 0.111. The minimum atomic E-state index is 0.866. The number of nitrogens with zero attached hydrogens (tertiary/aromatic N) is 2.